The zero-order valence-corrected chi connectivity index (χ0v) is 29.2. The van der Waals surface area contributed by atoms with Gasteiger partial charge in [-0.25, -0.2) is 0 Å². The number of para-hydroxylation sites is 1. The second-order valence-electron chi connectivity index (χ2n) is 13.2. The summed E-state index contributed by atoms with van der Waals surface area (Å²) in [5, 5.41) is 12.8. The van der Waals surface area contributed by atoms with E-state index >= 15 is 0 Å². The van der Waals surface area contributed by atoms with E-state index in [-0.39, 0.29) is 48.0 Å². The summed E-state index contributed by atoms with van der Waals surface area (Å²) in [5.74, 6) is -0.00816. The van der Waals surface area contributed by atoms with Gasteiger partial charge in [0, 0.05) is 25.6 Å². The van der Waals surface area contributed by atoms with E-state index < -0.39 is 29.8 Å². The highest BCUT2D eigenvalue weighted by atomic mass is 19.4. The summed E-state index contributed by atoms with van der Waals surface area (Å²) in [6.07, 6.45) is -5.17. The molecule has 0 aliphatic carbocycles. The number of aliphatic hydroxyl groups excluding tert-OH is 1. The average Bonchev–Trinajstić information content (AvgIpc) is 3.10. The zero-order chi connectivity index (χ0) is 36.7. The SMILES string of the molecule is CC(Oc1ccc(CN(C)C[C@H]2Oc3c(NC(=O)Cc4ccc(C(F)(F)F)cc4)cccc3C(=O)N(C(C)CO)C[C@H]2C)cc1)c1ccccc1. The smallest absolute Gasteiger partial charge is 0.416 e. The maximum atomic E-state index is 13.8. The Bertz CT molecular complexity index is 1770. The van der Waals surface area contributed by atoms with Crippen LogP contribution < -0.4 is 14.8 Å². The lowest BCUT2D eigenvalue weighted by atomic mass is 9.98. The van der Waals surface area contributed by atoms with Crippen molar-refractivity contribution in [2.45, 2.75) is 58.2 Å². The van der Waals surface area contributed by atoms with Crippen LogP contribution in [-0.2, 0) is 23.9 Å². The molecule has 2 N–H and O–H groups in total. The molecule has 2 amide bonds. The lowest BCUT2D eigenvalue weighted by Crippen LogP contribution is -2.49. The van der Waals surface area contributed by atoms with Crippen molar-refractivity contribution in [3.8, 4) is 11.5 Å². The van der Waals surface area contributed by atoms with Crippen molar-refractivity contribution < 1.29 is 37.3 Å². The van der Waals surface area contributed by atoms with Crippen LogP contribution in [0.4, 0.5) is 18.9 Å². The average molecular weight is 704 g/mol. The van der Waals surface area contributed by atoms with Crippen LogP contribution in [0.5, 0.6) is 11.5 Å². The van der Waals surface area contributed by atoms with E-state index in [1.165, 1.54) is 12.1 Å². The van der Waals surface area contributed by atoms with Gasteiger partial charge in [-0.05, 0) is 74.0 Å². The number of halogens is 3. The van der Waals surface area contributed by atoms with Crippen molar-refractivity contribution in [2.24, 2.45) is 5.92 Å². The Morgan fingerprint density at radius 2 is 1.65 bits per heavy atom. The lowest BCUT2D eigenvalue weighted by Gasteiger charge is -2.38. The third kappa shape index (κ3) is 9.68. The number of nitrogens with zero attached hydrogens (tertiary/aromatic N) is 2. The summed E-state index contributed by atoms with van der Waals surface area (Å²) >= 11 is 0. The van der Waals surface area contributed by atoms with Gasteiger partial charge in [0.05, 0.1) is 35.9 Å². The van der Waals surface area contributed by atoms with Gasteiger partial charge < -0.3 is 24.8 Å². The van der Waals surface area contributed by atoms with Gasteiger partial charge in [-0.15, -0.1) is 0 Å². The van der Waals surface area contributed by atoms with Crippen molar-refractivity contribution in [1.29, 1.82) is 0 Å². The van der Waals surface area contributed by atoms with Crippen LogP contribution in [0.2, 0.25) is 0 Å². The molecule has 0 saturated carbocycles. The lowest BCUT2D eigenvalue weighted by molar-refractivity contribution is -0.137. The van der Waals surface area contributed by atoms with Crippen LogP contribution in [0.1, 0.15) is 59.5 Å². The first-order chi connectivity index (χ1) is 24.3. The van der Waals surface area contributed by atoms with Gasteiger partial charge in [-0.2, -0.15) is 13.2 Å². The van der Waals surface area contributed by atoms with Crippen LogP contribution >= 0.6 is 0 Å². The molecule has 0 aromatic heterocycles. The summed E-state index contributed by atoms with van der Waals surface area (Å²) < 4.78 is 51.8. The van der Waals surface area contributed by atoms with Gasteiger partial charge >= 0.3 is 6.18 Å². The fourth-order valence-corrected chi connectivity index (χ4v) is 6.10. The molecule has 0 spiro atoms. The monoisotopic (exact) mass is 703 g/mol. The third-order valence-corrected chi connectivity index (χ3v) is 9.06. The van der Waals surface area contributed by atoms with Gasteiger partial charge in [-0.3, -0.25) is 14.5 Å². The minimum atomic E-state index is -4.48. The van der Waals surface area contributed by atoms with Crippen LogP contribution in [0, 0.1) is 5.92 Å². The molecule has 11 heteroatoms. The second-order valence-corrected chi connectivity index (χ2v) is 13.2. The molecule has 1 heterocycles. The minimum absolute atomic E-state index is 0.0972. The molecule has 270 valence electrons. The number of carbonyl (C=O) groups is 2. The number of rotatable bonds is 12. The largest absolute Gasteiger partial charge is 0.486 e. The summed E-state index contributed by atoms with van der Waals surface area (Å²) in [7, 11) is 1.98. The Kier molecular flexibility index (Phi) is 12.0. The van der Waals surface area contributed by atoms with E-state index in [0.717, 1.165) is 29.0 Å². The van der Waals surface area contributed by atoms with Crippen molar-refractivity contribution in [3.05, 3.63) is 125 Å². The molecule has 4 aromatic rings. The Morgan fingerprint density at radius 3 is 2.29 bits per heavy atom. The standard InChI is InChI=1S/C40H44F3N3O5/c1-26-22-46(27(2)25-47)39(49)34-11-8-12-35(44-37(48)21-29-13-17-32(18-14-29)40(41,42)43)38(34)51-36(26)24-45(4)23-30-15-19-33(20-16-30)50-28(3)31-9-6-5-7-10-31/h5-20,26-28,36,47H,21-25H2,1-4H3,(H,44,48)/t26-,27?,28?,36-/m1/s1. The molecular weight excluding hydrogens is 659 g/mol. The van der Waals surface area contributed by atoms with Crippen molar-refractivity contribution in [3.63, 3.8) is 0 Å². The van der Waals surface area contributed by atoms with Crippen LogP contribution in [0.3, 0.4) is 0 Å². The number of aliphatic hydroxyl groups is 1. The Morgan fingerprint density at radius 1 is 0.980 bits per heavy atom. The van der Waals surface area contributed by atoms with E-state index in [9.17, 15) is 27.9 Å². The van der Waals surface area contributed by atoms with E-state index in [0.29, 0.717) is 25.2 Å². The molecule has 0 radical (unpaired) electrons. The summed E-state index contributed by atoms with van der Waals surface area (Å²) in [6, 6.07) is 26.8. The van der Waals surface area contributed by atoms with Gasteiger partial charge in [0.2, 0.25) is 5.91 Å². The topological polar surface area (TPSA) is 91.3 Å². The fraction of sp³-hybridized carbons (Fsp3) is 0.350. The number of amides is 2. The Labute approximate surface area is 296 Å². The molecule has 4 aromatic carbocycles. The molecule has 4 atom stereocenters. The number of hydrogen-bond acceptors (Lipinski definition) is 6. The quantitative estimate of drug-likeness (QED) is 0.160. The van der Waals surface area contributed by atoms with Crippen LogP contribution in [0.25, 0.3) is 0 Å². The maximum absolute atomic E-state index is 13.8. The van der Waals surface area contributed by atoms with E-state index in [4.69, 9.17) is 9.47 Å². The third-order valence-electron chi connectivity index (χ3n) is 9.06. The number of benzene rings is 4. The molecule has 1 aliphatic rings. The molecule has 0 fully saturated rings. The second kappa shape index (κ2) is 16.4. The number of hydrogen-bond donors (Lipinski definition) is 2. The van der Waals surface area contributed by atoms with Crippen molar-refractivity contribution >= 4 is 17.5 Å². The van der Waals surface area contributed by atoms with Gasteiger partial charge in [0.1, 0.15) is 18.0 Å². The minimum Gasteiger partial charge on any atom is -0.486 e. The molecule has 8 nitrogen and oxygen atoms in total. The zero-order valence-electron chi connectivity index (χ0n) is 29.2. The fourth-order valence-electron chi connectivity index (χ4n) is 6.10. The number of carbonyl (C=O) groups excluding carboxylic acids is 2. The van der Waals surface area contributed by atoms with Crippen molar-refractivity contribution in [1.82, 2.24) is 9.80 Å². The number of anilines is 1. The van der Waals surface area contributed by atoms with Crippen LogP contribution in [-0.4, -0.2) is 65.6 Å². The number of fused-ring (bicyclic) bond motifs is 1. The van der Waals surface area contributed by atoms with Crippen LogP contribution in [0.15, 0.2) is 97.1 Å². The van der Waals surface area contributed by atoms with Gasteiger partial charge in [-0.1, -0.05) is 67.6 Å². The normalized spacial score (nSPS) is 17.5. The van der Waals surface area contributed by atoms with E-state index in [1.807, 2.05) is 75.5 Å². The van der Waals surface area contributed by atoms with Crippen molar-refractivity contribution in [2.75, 3.05) is 32.1 Å². The predicted molar refractivity (Wildman–Crippen MR) is 190 cm³/mol. The molecular formula is C40H44F3N3O5. The van der Waals surface area contributed by atoms with Gasteiger partial charge in [0.25, 0.3) is 5.91 Å². The first-order valence-electron chi connectivity index (χ1n) is 17.0. The molecule has 2 unspecified atom stereocenters. The predicted octanol–water partition coefficient (Wildman–Crippen LogP) is 7.38. The van der Waals surface area contributed by atoms with Gasteiger partial charge in [0.15, 0.2) is 5.75 Å². The molecule has 0 saturated heterocycles. The summed E-state index contributed by atoms with van der Waals surface area (Å²) in [5.41, 5.74) is 2.27. The first-order valence-corrected chi connectivity index (χ1v) is 17.0. The number of alkyl halides is 3. The highest BCUT2D eigenvalue weighted by molar-refractivity contribution is 6.02. The number of ether oxygens (including phenoxy) is 2. The highest BCUT2D eigenvalue weighted by Gasteiger charge is 2.35. The van der Waals surface area contributed by atoms with E-state index in [2.05, 4.69) is 10.2 Å². The summed E-state index contributed by atoms with van der Waals surface area (Å²) in [4.78, 5) is 30.7. The first kappa shape index (κ1) is 37.4. The molecule has 1 aliphatic heterocycles. The summed E-state index contributed by atoms with van der Waals surface area (Å²) in [6.45, 7) is 6.97. The highest BCUT2D eigenvalue weighted by Crippen LogP contribution is 2.35. The maximum Gasteiger partial charge on any atom is 0.416 e. The number of likely N-dealkylation sites (N-methyl/N-ethyl adjacent to an activating group) is 1. The molecule has 5 rings (SSSR count). The van der Waals surface area contributed by atoms with E-state index in [1.54, 1.807) is 30.0 Å². The number of nitrogens with one attached hydrogen (secondary N) is 1. The Hall–Kier alpha value is -4.87. The molecule has 0 bridgehead atoms. The molecule has 51 heavy (non-hydrogen) atoms. The Balaban J connectivity index is 1.32.